The van der Waals surface area contributed by atoms with Crippen LogP contribution in [-0.4, -0.2) is 85.9 Å². The first kappa shape index (κ1) is 23.5. The number of halogens is 1. The van der Waals surface area contributed by atoms with Crippen LogP contribution in [0.3, 0.4) is 0 Å². The first-order valence-corrected chi connectivity index (χ1v) is 11.9. The van der Waals surface area contributed by atoms with Gasteiger partial charge in [0.1, 0.15) is 5.82 Å². The molecule has 1 atom stereocenters. The van der Waals surface area contributed by atoms with Crippen LogP contribution < -0.4 is 15.5 Å². The highest BCUT2D eigenvalue weighted by Crippen LogP contribution is 2.41. The van der Waals surface area contributed by atoms with Gasteiger partial charge in [-0.2, -0.15) is 0 Å². The molecule has 1 aromatic rings. The Morgan fingerprint density at radius 2 is 1.76 bits per heavy atom. The number of nitrogens with zero attached hydrogens (tertiary/aromatic N) is 3. The van der Waals surface area contributed by atoms with Crippen LogP contribution in [0.1, 0.15) is 32.6 Å². The van der Waals surface area contributed by atoms with Gasteiger partial charge in [-0.15, -0.1) is 0 Å². The Balaban J connectivity index is 1.19. The highest BCUT2D eigenvalue weighted by Gasteiger charge is 2.48. The molecule has 0 radical (unpaired) electrons. The topological polar surface area (TPSA) is 85.0 Å². The number of carbonyl (C=O) groups is 3. The number of piperazine rings is 1. The Morgan fingerprint density at radius 3 is 2.39 bits per heavy atom. The lowest BCUT2D eigenvalue weighted by atomic mass is 9.75. The van der Waals surface area contributed by atoms with E-state index in [-0.39, 0.29) is 41.5 Å². The molecule has 0 aliphatic carbocycles. The van der Waals surface area contributed by atoms with Crippen molar-refractivity contribution in [2.24, 2.45) is 5.41 Å². The van der Waals surface area contributed by atoms with E-state index in [1.807, 2.05) is 12.1 Å². The second-order valence-electron chi connectivity index (χ2n) is 9.54. The molecular weight excluding hydrogens is 425 g/mol. The lowest BCUT2D eigenvalue weighted by Crippen LogP contribution is -2.48. The maximum atomic E-state index is 13.1. The van der Waals surface area contributed by atoms with Gasteiger partial charge in [0, 0.05) is 64.5 Å². The molecular formula is C24H34FN5O3. The van der Waals surface area contributed by atoms with Crippen molar-refractivity contribution in [3.63, 3.8) is 0 Å². The normalized spacial score (nSPS) is 23.0. The molecule has 4 rings (SSSR count). The molecule has 1 unspecified atom stereocenters. The van der Waals surface area contributed by atoms with Gasteiger partial charge in [-0.1, -0.05) is 0 Å². The maximum Gasteiger partial charge on any atom is 0.241 e. The summed E-state index contributed by atoms with van der Waals surface area (Å²) in [6.45, 7) is 7.21. The SMILES string of the molecule is CC(=O)NCC(=O)N1CCC2(CC1)CC(CCN1CCN(c3ccc(F)cc3)CC1)NC2=O. The van der Waals surface area contributed by atoms with Crippen molar-refractivity contribution >= 4 is 23.4 Å². The van der Waals surface area contributed by atoms with Crippen molar-refractivity contribution in [1.29, 1.82) is 0 Å². The summed E-state index contributed by atoms with van der Waals surface area (Å²) in [5.41, 5.74) is 0.694. The zero-order valence-corrected chi connectivity index (χ0v) is 19.3. The molecule has 1 spiro atoms. The quantitative estimate of drug-likeness (QED) is 0.662. The molecule has 3 heterocycles. The summed E-state index contributed by atoms with van der Waals surface area (Å²) >= 11 is 0. The average molecular weight is 460 g/mol. The van der Waals surface area contributed by atoms with Gasteiger partial charge in [0.2, 0.25) is 17.7 Å². The average Bonchev–Trinajstić information content (AvgIpc) is 3.12. The predicted molar refractivity (Wildman–Crippen MR) is 123 cm³/mol. The van der Waals surface area contributed by atoms with Crippen LogP contribution in [0.15, 0.2) is 24.3 Å². The molecule has 180 valence electrons. The third-order valence-corrected chi connectivity index (χ3v) is 7.37. The summed E-state index contributed by atoms with van der Waals surface area (Å²) in [7, 11) is 0. The molecule has 3 amide bonds. The van der Waals surface area contributed by atoms with E-state index in [0.717, 1.165) is 51.3 Å². The number of hydrogen-bond donors (Lipinski definition) is 2. The van der Waals surface area contributed by atoms with Crippen molar-refractivity contribution in [1.82, 2.24) is 20.4 Å². The van der Waals surface area contributed by atoms with Crippen molar-refractivity contribution in [2.75, 3.05) is 57.3 Å². The standard InChI is InChI=1S/C24H34FN5O3/c1-18(31)26-17-22(32)30-10-7-24(8-11-30)16-20(27-23(24)33)6-9-28-12-14-29(15-13-28)21-4-2-19(25)3-5-21/h2-5,20H,6-17H2,1H3,(H,26,31)(H,27,33). The van der Waals surface area contributed by atoms with Gasteiger partial charge in [-0.3, -0.25) is 19.3 Å². The largest absolute Gasteiger partial charge is 0.369 e. The van der Waals surface area contributed by atoms with E-state index in [9.17, 15) is 18.8 Å². The minimum Gasteiger partial charge on any atom is -0.369 e. The summed E-state index contributed by atoms with van der Waals surface area (Å²) in [4.78, 5) is 42.5. The van der Waals surface area contributed by atoms with E-state index < -0.39 is 0 Å². The Morgan fingerprint density at radius 1 is 1.09 bits per heavy atom. The molecule has 3 aliphatic heterocycles. The van der Waals surface area contributed by atoms with E-state index in [4.69, 9.17) is 0 Å². The molecule has 33 heavy (non-hydrogen) atoms. The van der Waals surface area contributed by atoms with Crippen LogP contribution in [0, 0.1) is 11.2 Å². The highest BCUT2D eigenvalue weighted by molar-refractivity contribution is 5.86. The fourth-order valence-electron chi connectivity index (χ4n) is 5.28. The Hall–Kier alpha value is -2.68. The zero-order valence-electron chi connectivity index (χ0n) is 19.3. The number of benzene rings is 1. The first-order chi connectivity index (χ1) is 15.8. The van der Waals surface area contributed by atoms with Crippen molar-refractivity contribution in [2.45, 2.75) is 38.6 Å². The number of hydrogen-bond acceptors (Lipinski definition) is 5. The fraction of sp³-hybridized carbons (Fsp3) is 0.625. The van der Waals surface area contributed by atoms with E-state index >= 15 is 0 Å². The van der Waals surface area contributed by atoms with Gasteiger partial charge in [0.25, 0.3) is 0 Å². The van der Waals surface area contributed by atoms with Crippen LogP contribution in [0.4, 0.5) is 10.1 Å². The monoisotopic (exact) mass is 459 g/mol. The number of carbonyl (C=O) groups excluding carboxylic acids is 3. The minimum absolute atomic E-state index is 0.0194. The third-order valence-electron chi connectivity index (χ3n) is 7.37. The molecule has 0 aromatic heterocycles. The number of piperidine rings is 1. The van der Waals surface area contributed by atoms with Crippen molar-refractivity contribution in [3.8, 4) is 0 Å². The predicted octanol–water partition coefficient (Wildman–Crippen LogP) is 0.971. The van der Waals surface area contributed by atoms with E-state index in [2.05, 4.69) is 20.4 Å². The Kier molecular flexibility index (Phi) is 7.17. The lowest BCUT2D eigenvalue weighted by Gasteiger charge is -2.38. The number of nitrogens with one attached hydrogen (secondary N) is 2. The van der Waals surface area contributed by atoms with Gasteiger partial charge in [0.15, 0.2) is 0 Å². The van der Waals surface area contributed by atoms with Crippen LogP contribution in [0.5, 0.6) is 0 Å². The zero-order chi connectivity index (χ0) is 23.4. The molecule has 9 heteroatoms. The number of rotatable bonds is 6. The highest BCUT2D eigenvalue weighted by atomic mass is 19.1. The Labute approximate surface area is 194 Å². The van der Waals surface area contributed by atoms with Crippen LogP contribution in [0.2, 0.25) is 0 Å². The maximum absolute atomic E-state index is 13.1. The molecule has 3 aliphatic rings. The van der Waals surface area contributed by atoms with Crippen LogP contribution in [-0.2, 0) is 14.4 Å². The van der Waals surface area contributed by atoms with E-state index in [1.54, 1.807) is 4.90 Å². The summed E-state index contributed by atoms with van der Waals surface area (Å²) in [5, 5.41) is 5.76. The number of anilines is 1. The third kappa shape index (κ3) is 5.63. The Bertz CT molecular complexity index is 861. The number of likely N-dealkylation sites (tertiary alicyclic amines) is 1. The van der Waals surface area contributed by atoms with Crippen molar-refractivity contribution in [3.05, 3.63) is 30.1 Å². The molecule has 8 nitrogen and oxygen atoms in total. The fourth-order valence-corrected chi connectivity index (χ4v) is 5.28. The summed E-state index contributed by atoms with van der Waals surface area (Å²) < 4.78 is 13.1. The van der Waals surface area contributed by atoms with E-state index in [1.165, 1.54) is 19.1 Å². The summed E-state index contributed by atoms with van der Waals surface area (Å²) in [6.07, 6.45) is 3.11. The lowest BCUT2D eigenvalue weighted by molar-refractivity contribution is -0.138. The second-order valence-corrected chi connectivity index (χ2v) is 9.54. The number of amides is 3. The smallest absolute Gasteiger partial charge is 0.241 e. The summed E-state index contributed by atoms with van der Waals surface area (Å²) in [5.74, 6) is -0.389. The van der Waals surface area contributed by atoms with E-state index in [0.29, 0.717) is 25.9 Å². The minimum atomic E-state index is -0.364. The van der Waals surface area contributed by atoms with Gasteiger partial charge in [-0.25, -0.2) is 4.39 Å². The van der Waals surface area contributed by atoms with Crippen molar-refractivity contribution < 1.29 is 18.8 Å². The van der Waals surface area contributed by atoms with Gasteiger partial charge < -0.3 is 20.4 Å². The van der Waals surface area contributed by atoms with Gasteiger partial charge in [-0.05, 0) is 49.9 Å². The molecule has 0 bridgehead atoms. The van der Waals surface area contributed by atoms with Crippen LogP contribution in [0.25, 0.3) is 0 Å². The van der Waals surface area contributed by atoms with Gasteiger partial charge in [0.05, 0.1) is 12.0 Å². The first-order valence-electron chi connectivity index (χ1n) is 11.9. The molecule has 3 fully saturated rings. The second kappa shape index (κ2) is 10.1. The molecule has 1 aromatic carbocycles. The molecule has 3 saturated heterocycles. The summed E-state index contributed by atoms with van der Waals surface area (Å²) in [6, 6.07) is 6.84. The molecule has 0 saturated carbocycles. The molecule has 2 N–H and O–H groups in total. The van der Waals surface area contributed by atoms with Gasteiger partial charge >= 0.3 is 0 Å². The van der Waals surface area contributed by atoms with Crippen LogP contribution >= 0.6 is 0 Å².